The number of nitrogens with zero attached hydrogens (tertiary/aromatic N) is 3. The van der Waals surface area contributed by atoms with Crippen LogP contribution in [0.3, 0.4) is 0 Å². The fraction of sp³-hybridized carbons (Fsp3) is 0.429. The van der Waals surface area contributed by atoms with Crippen LogP contribution in [0.2, 0.25) is 0 Å². The number of halogens is 1. The first-order chi connectivity index (χ1) is 9.26. The van der Waals surface area contributed by atoms with Crippen molar-refractivity contribution in [3.63, 3.8) is 0 Å². The van der Waals surface area contributed by atoms with E-state index in [1.165, 1.54) is 5.56 Å². The highest BCUT2D eigenvalue weighted by atomic mass is 35.5. The summed E-state index contributed by atoms with van der Waals surface area (Å²) in [7, 11) is 0. The Morgan fingerprint density at radius 1 is 1.42 bits per heavy atom. The molecule has 0 N–H and O–H groups in total. The molecular weight excluding hydrogens is 262 g/mol. The van der Waals surface area contributed by atoms with Crippen molar-refractivity contribution >= 4 is 23.2 Å². The predicted octanol–water partition coefficient (Wildman–Crippen LogP) is 1.96. The van der Waals surface area contributed by atoms with Gasteiger partial charge in [0.05, 0.1) is 0 Å². The molecule has 1 fully saturated rings. The van der Waals surface area contributed by atoms with Crippen LogP contribution in [-0.2, 0) is 11.2 Å². The molecule has 3 rings (SSSR count). The van der Waals surface area contributed by atoms with Crippen LogP contribution in [0.15, 0.2) is 30.7 Å². The smallest absolute Gasteiger partial charge is 0.222 e. The van der Waals surface area contributed by atoms with Crippen LogP contribution >= 0.6 is 11.6 Å². The topological polar surface area (TPSA) is 37.6 Å². The third kappa shape index (κ3) is 2.59. The van der Waals surface area contributed by atoms with Crippen LogP contribution in [0.1, 0.15) is 12.0 Å². The monoisotopic (exact) mass is 277 g/mol. The number of alkyl halides is 1. The van der Waals surface area contributed by atoms with Gasteiger partial charge in [0.15, 0.2) is 0 Å². The predicted molar refractivity (Wildman–Crippen MR) is 74.3 cm³/mol. The lowest BCUT2D eigenvalue weighted by atomic mass is 10.1. The minimum absolute atomic E-state index is 0.231. The Bertz CT molecular complexity index is 595. The number of pyridine rings is 1. The third-order valence-electron chi connectivity index (χ3n) is 3.63. The van der Waals surface area contributed by atoms with E-state index in [4.69, 9.17) is 11.6 Å². The van der Waals surface area contributed by atoms with Crippen LogP contribution in [0.5, 0.6) is 0 Å². The van der Waals surface area contributed by atoms with Crippen LogP contribution < -0.4 is 0 Å². The summed E-state index contributed by atoms with van der Waals surface area (Å²) in [4.78, 5) is 17.9. The Hall–Kier alpha value is -1.55. The molecule has 3 heterocycles. The Morgan fingerprint density at radius 2 is 2.32 bits per heavy atom. The first kappa shape index (κ1) is 12.5. The van der Waals surface area contributed by atoms with Gasteiger partial charge in [0, 0.05) is 44.0 Å². The molecule has 4 nitrogen and oxygen atoms in total. The van der Waals surface area contributed by atoms with E-state index in [2.05, 4.69) is 17.2 Å². The van der Waals surface area contributed by atoms with E-state index in [1.54, 1.807) is 6.20 Å². The van der Waals surface area contributed by atoms with Gasteiger partial charge in [-0.3, -0.25) is 4.79 Å². The highest BCUT2D eigenvalue weighted by Gasteiger charge is 2.28. The van der Waals surface area contributed by atoms with E-state index < -0.39 is 0 Å². The average Bonchev–Trinajstić information content (AvgIpc) is 3.02. The number of hydrogen-bond donors (Lipinski definition) is 0. The van der Waals surface area contributed by atoms with Gasteiger partial charge in [-0.05, 0) is 24.0 Å². The van der Waals surface area contributed by atoms with E-state index in [0.717, 1.165) is 25.2 Å². The maximum absolute atomic E-state index is 11.8. The lowest BCUT2D eigenvalue weighted by Gasteiger charge is -2.16. The van der Waals surface area contributed by atoms with Crippen molar-refractivity contribution in [3.05, 3.63) is 36.3 Å². The summed E-state index contributed by atoms with van der Waals surface area (Å²) in [5, 5.41) is 0. The molecule has 0 bridgehead atoms. The summed E-state index contributed by atoms with van der Waals surface area (Å²) in [6.45, 7) is 1.57. The Kier molecular flexibility index (Phi) is 3.42. The molecule has 1 atom stereocenters. The molecule has 100 valence electrons. The molecule has 1 unspecified atom stereocenters. The summed E-state index contributed by atoms with van der Waals surface area (Å²) < 4.78 is 2.00. The SMILES string of the molecule is O=C1CC(CCl)CN1CCc1ccc2nccn2c1. The van der Waals surface area contributed by atoms with Crippen LogP contribution in [0.4, 0.5) is 0 Å². The van der Waals surface area contributed by atoms with Gasteiger partial charge >= 0.3 is 0 Å². The van der Waals surface area contributed by atoms with Crippen molar-refractivity contribution < 1.29 is 4.79 Å². The molecule has 1 aliphatic rings. The van der Waals surface area contributed by atoms with Gasteiger partial charge in [-0.15, -0.1) is 11.6 Å². The molecule has 0 aromatic carbocycles. The van der Waals surface area contributed by atoms with Crippen LogP contribution in [-0.4, -0.2) is 39.2 Å². The molecule has 2 aromatic heterocycles. The zero-order valence-electron chi connectivity index (χ0n) is 10.6. The number of rotatable bonds is 4. The number of imidazole rings is 1. The lowest BCUT2D eigenvalue weighted by Crippen LogP contribution is -2.27. The maximum Gasteiger partial charge on any atom is 0.222 e. The van der Waals surface area contributed by atoms with Crippen LogP contribution in [0.25, 0.3) is 5.65 Å². The second-order valence-electron chi connectivity index (χ2n) is 5.04. The number of hydrogen-bond acceptors (Lipinski definition) is 2. The quantitative estimate of drug-likeness (QED) is 0.802. The number of carbonyl (C=O) groups excluding carboxylic acids is 1. The van der Waals surface area contributed by atoms with Gasteiger partial charge in [-0.25, -0.2) is 4.98 Å². The summed E-state index contributed by atoms with van der Waals surface area (Å²) in [6.07, 6.45) is 7.26. The van der Waals surface area contributed by atoms with E-state index in [9.17, 15) is 4.79 Å². The molecule has 1 saturated heterocycles. The minimum Gasteiger partial charge on any atom is -0.342 e. The van der Waals surface area contributed by atoms with Gasteiger partial charge in [0.25, 0.3) is 0 Å². The first-order valence-electron chi connectivity index (χ1n) is 6.51. The van der Waals surface area contributed by atoms with Crippen molar-refractivity contribution in [2.24, 2.45) is 5.92 Å². The van der Waals surface area contributed by atoms with E-state index in [0.29, 0.717) is 18.2 Å². The van der Waals surface area contributed by atoms with E-state index >= 15 is 0 Å². The molecule has 0 radical (unpaired) electrons. The standard InChI is InChI=1S/C14H16ClN3O/c15-8-12-7-14(19)18(10-12)5-3-11-1-2-13-16-4-6-17(13)9-11/h1-2,4,6,9,12H,3,5,7-8,10H2. The average molecular weight is 278 g/mol. The highest BCUT2D eigenvalue weighted by Crippen LogP contribution is 2.19. The van der Waals surface area contributed by atoms with E-state index in [-0.39, 0.29) is 5.91 Å². The van der Waals surface area contributed by atoms with Gasteiger partial charge < -0.3 is 9.30 Å². The zero-order chi connectivity index (χ0) is 13.2. The molecular formula is C14H16ClN3O. The highest BCUT2D eigenvalue weighted by molar-refractivity contribution is 6.18. The molecule has 1 amide bonds. The molecule has 19 heavy (non-hydrogen) atoms. The summed E-state index contributed by atoms with van der Waals surface area (Å²) in [5.41, 5.74) is 2.16. The Balaban J connectivity index is 1.64. The van der Waals surface area contributed by atoms with Gasteiger partial charge in [-0.1, -0.05) is 6.07 Å². The molecule has 0 saturated carbocycles. The second-order valence-corrected chi connectivity index (χ2v) is 5.35. The van der Waals surface area contributed by atoms with Crippen molar-refractivity contribution in [1.29, 1.82) is 0 Å². The van der Waals surface area contributed by atoms with Crippen LogP contribution in [0, 0.1) is 5.92 Å². The molecule has 0 spiro atoms. The van der Waals surface area contributed by atoms with Crippen molar-refractivity contribution in [3.8, 4) is 0 Å². The molecule has 1 aliphatic heterocycles. The second kappa shape index (κ2) is 5.21. The lowest BCUT2D eigenvalue weighted by molar-refractivity contribution is -0.127. The number of carbonyl (C=O) groups is 1. The molecule has 5 heteroatoms. The van der Waals surface area contributed by atoms with Gasteiger partial charge in [0.2, 0.25) is 5.91 Å². The summed E-state index contributed by atoms with van der Waals surface area (Å²) in [6, 6.07) is 4.07. The van der Waals surface area contributed by atoms with Crippen molar-refractivity contribution in [1.82, 2.24) is 14.3 Å². The number of likely N-dealkylation sites (tertiary alicyclic amines) is 1. The fourth-order valence-electron chi connectivity index (χ4n) is 2.55. The van der Waals surface area contributed by atoms with Gasteiger partial charge in [0.1, 0.15) is 5.65 Å². The summed E-state index contributed by atoms with van der Waals surface area (Å²) >= 11 is 5.82. The summed E-state index contributed by atoms with van der Waals surface area (Å²) in [5.74, 6) is 1.13. The molecule has 0 aliphatic carbocycles. The van der Waals surface area contributed by atoms with Crippen molar-refractivity contribution in [2.45, 2.75) is 12.8 Å². The Labute approximate surface area is 117 Å². The normalized spacial score (nSPS) is 19.5. The number of amides is 1. The van der Waals surface area contributed by atoms with Crippen molar-refractivity contribution in [2.75, 3.05) is 19.0 Å². The largest absolute Gasteiger partial charge is 0.342 e. The first-order valence-corrected chi connectivity index (χ1v) is 7.05. The number of fused-ring (bicyclic) bond motifs is 1. The third-order valence-corrected chi connectivity index (χ3v) is 4.07. The Morgan fingerprint density at radius 3 is 3.11 bits per heavy atom. The van der Waals surface area contributed by atoms with Gasteiger partial charge in [-0.2, -0.15) is 0 Å². The molecule has 2 aromatic rings. The van der Waals surface area contributed by atoms with E-state index in [1.807, 2.05) is 21.6 Å². The minimum atomic E-state index is 0.231. The maximum atomic E-state index is 11.8. The fourth-order valence-corrected chi connectivity index (χ4v) is 2.76. The zero-order valence-corrected chi connectivity index (χ0v) is 11.4. The number of aromatic nitrogens is 2.